The van der Waals surface area contributed by atoms with Crippen molar-refractivity contribution in [3.05, 3.63) is 53.9 Å². The van der Waals surface area contributed by atoms with E-state index in [1.807, 2.05) is 37.3 Å². The molecule has 2 aromatic rings. The quantitative estimate of drug-likeness (QED) is 0.791. The SMILES string of the molecule is CC(c1ccccc1)n1cc(CC(C(=O)O)C(=O)O)cn1. The maximum atomic E-state index is 10.9. The number of hydrogen-bond donors (Lipinski definition) is 2. The van der Waals surface area contributed by atoms with E-state index in [0.29, 0.717) is 5.56 Å². The molecule has 0 radical (unpaired) electrons. The zero-order valence-corrected chi connectivity index (χ0v) is 11.5. The molecule has 0 spiro atoms. The van der Waals surface area contributed by atoms with Gasteiger partial charge in [0.25, 0.3) is 0 Å². The van der Waals surface area contributed by atoms with Crippen molar-refractivity contribution in [1.82, 2.24) is 9.78 Å². The summed E-state index contributed by atoms with van der Waals surface area (Å²) in [6, 6.07) is 9.73. The maximum absolute atomic E-state index is 10.9. The number of carboxylic acid groups (broad SMARTS) is 2. The van der Waals surface area contributed by atoms with Gasteiger partial charge in [0.15, 0.2) is 5.92 Å². The number of hydrogen-bond acceptors (Lipinski definition) is 3. The summed E-state index contributed by atoms with van der Waals surface area (Å²) in [6.07, 6.45) is 3.13. The largest absolute Gasteiger partial charge is 0.481 e. The Kier molecular flexibility index (Phi) is 4.37. The van der Waals surface area contributed by atoms with Crippen molar-refractivity contribution in [2.75, 3.05) is 0 Å². The van der Waals surface area contributed by atoms with E-state index in [2.05, 4.69) is 5.10 Å². The standard InChI is InChI=1S/C15H16N2O4/c1-10(12-5-3-2-4-6-12)17-9-11(8-16-17)7-13(14(18)19)15(20)21/h2-6,8-10,13H,7H2,1H3,(H,18,19)(H,20,21). The Morgan fingerprint density at radius 2 is 1.81 bits per heavy atom. The van der Waals surface area contributed by atoms with Gasteiger partial charge in [-0.2, -0.15) is 5.10 Å². The highest BCUT2D eigenvalue weighted by atomic mass is 16.4. The zero-order valence-electron chi connectivity index (χ0n) is 11.5. The maximum Gasteiger partial charge on any atom is 0.318 e. The second-order valence-corrected chi connectivity index (χ2v) is 4.85. The molecule has 0 fully saturated rings. The number of carboxylic acids is 2. The number of nitrogens with zero attached hydrogens (tertiary/aromatic N) is 2. The molecule has 1 unspecified atom stereocenters. The summed E-state index contributed by atoms with van der Waals surface area (Å²) in [5, 5.41) is 22.0. The lowest BCUT2D eigenvalue weighted by atomic mass is 10.0. The third kappa shape index (κ3) is 3.47. The Labute approximate surface area is 121 Å². The molecule has 6 heteroatoms. The first-order valence-corrected chi connectivity index (χ1v) is 6.52. The second-order valence-electron chi connectivity index (χ2n) is 4.85. The molecular weight excluding hydrogens is 272 g/mol. The van der Waals surface area contributed by atoms with Gasteiger partial charge < -0.3 is 10.2 Å². The Bertz CT molecular complexity index is 622. The Morgan fingerprint density at radius 1 is 1.19 bits per heavy atom. The fourth-order valence-corrected chi connectivity index (χ4v) is 2.09. The molecule has 2 rings (SSSR count). The van der Waals surface area contributed by atoms with Gasteiger partial charge in [0.1, 0.15) is 0 Å². The van der Waals surface area contributed by atoms with Crippen molar-refractivity contribution in [1.29, 1.82) is 0 Å². The molecule has 0 saturated heterocycles. The minimum Gasteiger partial charge on any atom is -0.481 e. The van der Waals surface area contributed by atoms with Crippen LogP contribution in [0.1, 0.15) is 24.1 Å². The number of aliphatic carboxylic acids is 2. The molecule has 0 saturated carbocycles. The number of rotatable bonds is 6. The average Bonchev–Trinajstić information content (AvgIpc) is 2.93. The Morgan fingerprint density at radius 3 is 2.38 bits per heavy atom. The molecule has 0 aliphatic rings. The van der Waals surface area contributed by atoms with Crippen LogP contribution >= 0.6 is 0 Å². The first-order chi connectivity index (χ1) is 9.99. The van der Waals surface area contributed by atoms with E-state index in [0.717, 1.165) is 5.56 Å². The van der Waals surface area contributed by atoms with Gasteiger partial charge in [0, 0.05) is 6.20 Å². The third-order valence-electron chi connectivity index (χ3n) is 3.37. The van der Waals surface area contributed by atoms with Crippen molar-refractivity contribution in [2.45, 2.75) is 19.4 Å². The summed E-state index contributed by atoms with van der Waals surface area (Å²) in [6.45, 7) is 1.97. The highest BCUT2D eigenvalue weighted by Crippen LogP contribution is 2.18. The molecule has 1 aromatic carbocycles. The van der Waals surface area contributed by atoms with Gasteiger partial charge in [0.05, 0.1) is 12.2 Å². The van der Waals surface area contributed by atoms with Crippen molar-refractivity contribution in [3.8, 4) is 0 Å². The predicted octanol–water partition coefficient (Wildman–Crippen LogP) is 1.82. The monoisotopic (exact) mass is 288 g/mol. The molecular formula is C15H16N2O4. The molecule has 0 amide bonds. The third-order valence-corrected chi connectivity index (χ3v) is 3.37. The Balaban J connectivity index is 2.15. The van der Waals surface area contributed by atoms with Crippen LogP contribution in [0.2, 0.25) is 0 Å². The summed E-state index contributed by atoms with van der Waals surface area (Å²) < 4.78 is 1.70. The summed E-state index contributed by atoms with van der Waals surface area (Å²) in [4.78, 5) is 21.8. The lowest BCUT2D eigenvalue weighted by Crippen LogP contribution is -2.25. The molecule has 0 aliphatic heterocycles. The van der Waals surface area contributed by atoms with E-state index in [-0.39, 0.29) is 12.5 Å². The van der Waals surface area contributed by atoms with Crippen LogP contribution in [0.3, 0.4) is 0 Å². The Hall–Kier alpha value is -2.63. The van der Waals surface area contributed by atoms with E-state index >= 15 is 0 Å². The van der Waals surface area contributed by atoms with Crippen LogP contribution in [0, 0.1) is 5.92 Å². The van der Waals surface area contributed by atoms with Gasteiger partial charge in [-0.05, 0) is 24.5 Å². The molecule has 6 nitrogen and oxygen atoms in total. The van der Waals surface area contributed by atoms with Crippen molar-refractivity contribution >= 4 is 11.9 Å². The highest BCUT2D eigenvalue weighted by molar-refractivity contribution is 5.93. The van der Waals surface area contributed by atoms with Gasteiger partial charge in [-0.25, -0.2) is 0 Å². The highest BCUT2D eigenvalue weighted by Gasteiger charge is 2.26. The summed E-state index contributed by atoms with van der Waals surface area (Å²) in [5.74, 6) is -4.13. The van der Waals surface area contributed by atoms with Crippen molar-refractivity contribution < 1.29 is 19.8 Å². The molecule has 110 valence electrons. The molecule has 1 heterocycles. The minimum absolute atomic E-state index is 0.00643. The van der Waals surface area contributed by atoms with Crippen LogP contribution in [0.15, 0.2) is 42.7 Å². The summed E-state index contributed by atoms with van der Waals surface area (Å²) in [5.41, 5.74) is 1.66. The van der Waals surface area contributed by atoms with E-state index in [1.165, 1.54) is 6.20 Å². The molecule has 2 N–H and O–H groups in total. The van der Waals surface area contributed by atoms with E-state index in [4.69, 9.17) is 10.2 Å². The van der Waals surface area contributed by atoms with E-state index < -0.39 is 17.9 Å². The zero-order chi connectivity index (χ0) is 15.4. The smallest absolute Gasteiger partial charge is 0.318 e. The van der Waals surface area contributed by atoms with Crippen molar-refractivity contribution in [3.63, 3.8) is 0 Å². The molecule has 1 aromatic heterocycles. The molecule has 0 aliphatic carbocycles. The van der Waals surface area contributed by atoms with E-state index in [1.54, 1.807) is 10.9 Å². The normalized spacial score (nSPS) is 12.3. The molecule has 21 heavy (non-hydrogen) atoms. The van der Waals surface area contributed by atoms with Crippen LogP contribution in [0.5, 0.6) is 0 Å². The van der Waals surface area contributed by atoms with Crippen LogP contribution in [0.4, 0.5) is 0 Å². The van der Waals surface area contributed by atoms with Crippen LogP contribution in [0.25, 0.3) is 0 Å². The number of carbonyl (C=O) groups is 2. The molecule has 0 bridgehead atoms. The summed E-state index contributed by atoms with van der Waals surface area (Å²) >= 11 is 0. The average molecular weight is 288 g/mol. The topological polar surface area (TPSA) is 92.4 Å². The van der Waals surface area contributed by atoms with Gasteiger partial charge in [0.2, 0.25) is 0 Å². The van der Waals surface area contributed by atoms with Crippen LogP contribution in [-0.2, 0) is 16.0 Å². The molecule has 1 atom stereocenters. The van der Waals surface area contributed by atoms with Gasteiger partial charge in [-0.3, -0.25) is 14.3 Å². The van der Waals surface area contributed by atoms with E-state index in [9.17, 15) is 9.59 Å². The van der Waals surface area contributed by atoms with Crippen LogP contribution < -0.4 is 0 Å². The number of aromatic nitrogens is 2. The van der Waals surface area contributed by atoms with Crippen LogP contribution in [-0.4, -0.2) is 31.9 Å². The number of benzene rings is 1. The van der Waals surface area contributed by atoms with Gasteiger partial charge >= 0.3 is 11.9 Å². The fourth-order valence-electron chi connectivity index (χ4n) is 2.09. The summed E-state index contributed by atoms with van der Waals surface area (Å²) in [7, 11) is 0. The lowest BCUT2D eigenvalue weighted by molar-refractivity contribution is -0.154. The van der Waals surface area contributed by atoms with Gasteiger partial charge in [-0.15, -0.1) is 0 Å². The predicted molar refractivity (Wildman–Crippen MR) is 74.9 cm³/mol. The lowest BCUT2D eigenvalue weighted by Gasteiger charge is -2.12. The second kappa shape index (κ2) is 6.21. The minimum atomic E-state index is -1.45. The van der Waals surface area contributed by atoms with Crippen molar-refractivity contribution in [2.24, 2.45) is 5.92 Å². The first kappa shape index (κ1) is 14.8. The fraction of sp³-hybridized carbons (Fsp3) is 0.267. The van der Waals surface area contributed by atoms with Gasteiger partial charge in [-0.1, -0.05) is 30.3 Å². The first-order valence-electron chi connectivity index (χ1n) is 6.52.